The predicted molar refractivity (Wildman–Crippen MR) is 46.3 cm³/mol. The highest BCUT2D eigenvalue weighted by atomic mass is 16.4. The van der Waals surface area contributed by atoms with Crippen molar-refractivity contribution in [3.63, 3.8) is 0 Å². The number of carbonyl (C=O) groups excluding carboxylic acids is 1. The lowest BCUT2D eigenvalue weighted by molar-refractivity contribution is -0.143. The van der Waals surface area contributed by atoms with Gasteiger partial charge in [-0.25, -0.2) is 0 Å². The largest absolute Gasteiger partial charge is 0.481 e. The average Bonchev–Trinajstić information content (AvgIpc) is 1.99. The Morgan fingerprint density at radius 1 is 1.62 bits per heavy atom. The Balaban J connectivity index is 2.56. The van der Waals surface area contributed by atoms with Crippen LogP contribution in [0.25, 0.3) is 0 Å². The van der Waals surface area contributed by atoms with Gasteiger partial charge in [0.2, 0.25) is 5.91 Å². The van der Waals surface area contributed by atoms with Crippen LogP contribution in [0.3, 0.4) is 0 Å². The van der Waals surface area contributed by atoms with Gasteiger partial charge in [0.15, 0.2) is 0 Å². The fraction of sp³-hybridized carbons (Fsp3) is 0.750. The fourth-order valence-electron chi connectivity index (χ4n) is 1.44. The minimum Gasteiger partial charge on any atom is -0.481 e. The number of hydrogen-bond acceptors (Lipinski definition) is 3. The van der Waals surface area contributed by atoms with Crippen molar-refractivity contribution in [2.24, 2.45) is 0 Å². The van der Waals surface area contributed by atoms with Gasteiger partial charge in [-0.15, -0.1) is 0 Å². The van der Waals surface area contributed by atoms with Gasteiger partial charge < -0.3 is 10.0 Å². The molecule has 13 heavy (non-hydrogen) atoms. The quantitative estimate of drug-likeness (QED) is 0.615. The third kappa shape index (κ3) is 2.42. The monoisotopic (exact) mass is 186 g/mol. The van der Waals surface area contributed by atoms with Crippen molar-refractivity contribution in [1.82, 2.24) is 9.80 Å². The summed E-state index contributed by atoms with van der Waals surface area (Å²) < 4.78 is 0. The van der Waals surface area contributed by atoms with Crippen LogP contribution in [0.1, 0.15) is 6.42 Å². The number of amides is 1. The molecule has 1 saturated heterocycles. The van der Waals surface area contributed by atoms with Crippen LogP contribution in [-0.4, -0.2) is 60.0 Å². The molecule has 0 aromatic heterocycles. The van der Waals surface area contributed by atoms with Gasteiger partial charge in [0.25, 0.3) is 0 Å². The number of aliphatic carboxylic acids is 1. The lowest BCUT2D eigenvalue weighted by Gasteiger charge is -2.36. The molecule has 1 amide bonds. The molecule has 0 aromatic carbocycles. The topological polar surface area (TPSA) is 60.9 Å². The Morgan fingerprint density at radius 3 is 2.77 bits per heavy atom. The van der Waals surface area contributed by atoms with Crippen LogP contribution in [0.5, 0.6) is 0 Å². The first-order valence-corrected chi connectivity index (χ1v) is 4.16. The van der Waals surface area contributed by atoms with Crippen molar-refractivity contribution < 1.29 is 14.7 Å². The summed E-state index contributed by atoms with van der Waals surface area (Å²) in [5, 5.41) is 8.61. The summed E-state index contributed by atoms with van der Waals surface area (Å²) >= 11 is 0. The van der Waals surface area contributed by atoms with E-state index in [9.17, 15) is 9.59 Å². The normalized spacial score (nSPS) is 24.9. The first kappa shape index (κ1) is 9.98. The second-order valence-corrected chi connectivity index (χ2v) is 3.44. The minimum atomic E-state index is -0.820. The third-order valence-electron chi connectivity index (χ3n) is 2.33. The number of carboxylic acids is 1. The molecule has 0 bridgehead atoms. The molecule has 0 spiro atoms. The number of carboxylic acid groups (broad SMARTS) is 1. The Bertz CT molecular complexity index is 229. The lowest BCUT2D eigenvalue weighted by Crippen LogP contribution is -2.53. The molecule has 74 valence electrons. The van der Waals surface area contributed by atoms with Gasteiger partial charge in [-0.05, 0) is 7.05 Å². The molecular formula is C8H14N2O3. The molecule has 1 rings (SSSR count). The molecule has 0 aromatic rings. The van der Waals surface area contributed by atoms with E-state index in [1.54, 1.807) is 23.9 Å². The van der Waals surface area contributed by atoms with E-state index in [1.165, 1.54) is 0 Å². The molecule has 1 atom stereocenters. The average molecular weight is 186 g/mol. The number of carbonyl (C=O) groups is 2. The van der Waals surface area contributed by atoms with Crippen LogP contribution in [-0.2, 0) is 9.59 Å². The molecule has 1 N–H and O–H groups in total. The van der Waals surface area contributed by atoms with Gasteiger partial charge in [0.1, 0.15) is 0 Å². The number of nitrogens with zero attached hydrogens (tertiary/aromatic N) is 2. The molecule has 1 fully saturated rings. The maximum absolute atomic E-state index is 11.2. The summed E-state index contributed by atoms with van der Waals surface area (Å²) in [6.07, 6.45) is 0.0914. The molecular weight excluding hydrogens is 172 g/mol. The van der Waals surface area contributed by atoms with Crippen molar-refractivity contribution >= 4 is 11.9 Å². The van der Waals surface area contributed by atoms with Crippen molar-refractivity contribution in [2.75, 3.05) is 27.2 Å². The molecule has 0 saturated carbocycles. The molecule has 1 aliphatic rings. The molecule has 5 heteroatoms. The van der Waals surface area contributed by atoms with E-state index in [0.29, 0.717) is 13.1 Å². The molecule has 0 aliphatic carbocycles. The Morgan fingerprint density at radius 2 is 2.23 bits per heavy atom. The summed E-state index contributed by atoms with van der Waals surface area (Å²) in [4.78, 5) is 25.0. The van der Waals surface area contributed by atoms with Gasteiger partial charge in [-0.1, -0.05) is 0 Å². The summed E-state index contributed by atoms with van der Waals surface area (Å²) in [6.45, 7) is 0.816. The third-order valence-corrected chi connectivity index (χ3v) is 2.33. The number of likely N-dealkylation sites (N-methyl/N-ethyl adjacent to an activating group) is 2. The molecule has 5 nitrogen and oxygen atoms in total. The van der Waals surface area contributed by atoms with Crippen LogP contribution in [0.15, 0.2) is 0 Å². The zero-order valence-corrected chi connectivity index (χ0v) is 7.86. The van der Waals surface area contributed by atoms with Crippen LogP contribution >= 0.6 is 0 Å². The SMILES string of the molecule is CN1CC(CC(=O)O)N(C)CC1=O. The Hall–Kier alpha value is -1.10. The molecule has 1 unspecified atom stereocenters. The van der Waals surface area contributed by atoms with E-state index in [0.717, 1.165) is 0 Å². The standard InChI is InChI=1S/C8H14N2O3/c1-9-5-7(11)10(2)4-6(9)3-8(12)13/h6H,3-5H2,1-2H3,(H,12,13). The van der Waals surface area contributed by atoms with E-state index in [-0.39, 0.29) is 18.4 Å². The fourth-order valence-corrected chi connectivity index (χ4v) is 1.44. The first-order chi connectivity index (χ1) is 6.00. The zero-order valence-electron chi connectivity index (χ0n) is 7.86. The second kappa shape index (κ2) is 3.74. The van der Waals surface area contributed by atoms with Crippen molar-refractivity contribution in [2.45, 2.75) is 12.5 Å². The molecule has 0 radical (unpaired) electrons. The van der Waals surface area contributed by atoms with Gasteiger partial charge in [-0.2, -0.15) is 0 Å². The minimum absolute atomic E-state index is 0.0455. The zero-order chi connectivity index (χ0) is 10.0. The van der Waals surface area contributed by atoms with Crippen molar-refractivity contribution in [1.29, 1.82) is 0 Å². The maximum atomic E-state index is 11.2. The van der Waals surface area contributed by atoms with Gasteiger partial charge in [0.05, 0.1) is 13.0 Å². The van der Waals surface area contributed by atoms with Crippen LogP contribution in [0, 0.1) is 0 Å². The van der Waals surface area contributed by atoms with Crippen LogP contribution in [0.4, 0.5) is 0 Å². The number of hydrogen-bond donors (Lipinski definition) is 1. The molecule has 1 heterocycles. The van der Waals surface area contributed by atoms with Crippen LogP contribution < -0.4 is 0 Å². The van der Waals surface area contributed by atoms with Gasteiger partial charge >= 0.3 is 5.97 Å². The van der Waals surface area contributed by atoms with Crippen molar-refractivity contribution in [3.05, 3.63) is 0 Å². The van der Waals surface area contributed by atoms with Crippen LogP contribution in [0.2, 0.25) is 0 Å². The summed E-state index contributed by atoms with van der Waals surface area (Å²) in [6, 6.07) is -0.0554. The van der Waals surface area contributed by atoms with Gasteiger partial charge in [-0.3, -0.25) is 14.5 Å². The summed E-state index contributed by atoms with van der Waals surface area (Å²) in [5.74, 6) is -0.774. The smallest absolute Gasteiger partial charge is 0.305 e. The number of rotatable bonds is 2. The predicted octanol–water partition coefficient (Wildman–Crippen LogP) is -0.766. The van der Waals surface area contributed by atoms with Crippen molar-refractivity contribution in [3.8, 4) is 0 Å². The van der Waals surface area contributed by atoms with E-state index < -0.39 is 5.97 Å². The molecule has 1 aliphatic heterocycles. The second-order valence-electron chi connectivity index (χ2n) is 3.44. The summed E-state index contributed by atoms with van der Waals surface area (Å²) in [5.41, 5.74) is 0. The van der Waals surface area contributed by atoms with E-state index >= 15 is 0 Å². The maximum Gasteiger partial charge on any atom is 0.305 e. The highest BCUT2D eigenvalue weighted by molar-refractivity contribution is 5.79. The van der Waals surface area contributed by atoms with E-state index in [2.05, 4.69) is 0 Å². The Labute approximate surface area is 76.9 Å². The van der Waals surface area contributed by atoms with E-state index in [1.807, 2.05) is 0 Å². The van der Waals surface area contributed by atoms with Gasteiger partial charge in [0, 0.05) is 19.6 Å². The van der Waals surface area contributed by atoms with E-state index in [4.69, 9.17) is 5.11 Å². The first-order valence-electron chi connectivity index (χ1n) is 4.16. The highest BCUT2D eigenvalue weighted by Crippen LogP contribution is 2.10. The Kier molecular flexibility index (Phi) is 2.87. The summed E-state index contributed by atoms with van der Waals surface area (Å²) in [7, 11) is 3.47. The lowest BCUT2D eigenvalue weighted by atomic mass is 10.1. The number of piperazine rings is 1. The highest BCUT2D eigenvalue weighted by Gasteiger charge is 2.28.